The lowest BCUT2D eigenvalue weighted by atomic mass is 10.1. The van der Waals surface area contributed by atoms with Gasteiger partial charge in [0, 0.05) is 0 Å². The quantitative estimate of drug-likeness (QED) is 0.815. The first kappa shape index (κ1) is 12.5. The minimum Gasteiger partial charge on any atom is -0.298 e. The van der Waals surface area contributed by atoms with Gasteiger partial charge in [-0.25, -0.2) is 8.78 Å². The highest BCUT2D eigenvalue weighted by atomic mass is 19.2. The molecule has 1 N–H and O–H groups in total. The Balaban J connectivity index is 1.89. The van der Waals surface area contributed by atoms with E-state index in [1.807, 2.05) is 6.92 Å². The molecule has 1 aromatic carbocycles. The standard InChI is InChI=1S/C13H17F2NO/c1-9(16-17-11-4-2-3-5-11)10-6-7-12(14)13(15)8-10/h6-9,11,16H,2-5H2,1H3. The summed E-state index contributed by atoms with van der Waals surface area (Å²) in [6.45, 7) is 1.86. The third kappa shape index (κ3) is 3.23. The maximum Gasteiger partial charge on any atom is 0.159 e. The third-order valence-electron chi connectivity index (χ3n) is 3.16. The monoisotopic (exact) mass is 241 g/mol. The minimum atomic E-state index is -0.822. The molecular weight excluding hydrogens is 224 g/mol. The van der Waals surface area contributed by atoms with Crippen LogP contribution < -0.4 is 5.48 Å². The van der Waals surface area contributed by atoms with Gasteiger partial charge in [-0.05, 0) is 37.5 Å². The van der Waals surface area contributed by atoms with Gasteiger partial charge >= 0.3 is 0 Å². The Bertz CT molecular complexity index is 378. The molecule has 2 rings (SSSR count). The summed E-state index contributed by atoms with van der Waals surface area (Å²) in [6, 6.07) is 3.75. The molecule has 0 aliphatic heterocycles. The van der Waals surface area contributed by atoms with E-state index in [2.05, 4.69) is 5.48 Å². The van der Waals surface area contributed by atoms with E-state index in [1.165, 1.54) is 18.9 Å². The molecule has 1 fully saturated rings. The second-order valence-corrected chi connectivity index (χ2v) is 4.54. The Labute approximate surface area is 99.9 Å². The molecule has 0 amide bonds. The van der Waals surface area contributed by atoms with Crippen LogP contribution in [0.25, 0.3) is 0 Å². The van der Waals surface area contributed by atoms with Gasteiger partial charge in [0.25, 0.3) is 0 Å². The molecule has 2 nitrogen and oxygen atoms in total. The van der Waals surface area contributed by atoms with Gasteiger partial charge in [0.05, 0.1) is 12.1 Å². The lowest BCUT2D eigenvalue weighted by Gasteiger charge is -2.17. The minimum absolute atomic E-state index is 0.148. The van der Waals surface area contributed by atoms with Crippen molar-refractivity contribution < 1.29 is 13.6 Å². The third-order valence-corrected chi connectivity index (χ3v) is 3.16. The van der Waals surface area contributed by atoms with Crippen molar-refractivity contribution in [2.24, 2.45) is 0 Å². The maximum atomic E-state index is 13.0. The summed E-state index contributed by atoms with van der Waals surface area (Å²) in [5.74, 6) is -1.64. The molecule has 0 radical (unpaired) electrons. The molecule has 17 heavy (non-hydrogen) atoms. The zero-order valence-corrected chi connectivity index (χ0v) is 9.88. The molecule has 0 saturated heterocycles. The molecule has 94 valence electrons. The number of hydroxylamine groups is 1. The van der Waals surface area contributed by atoms with Crippen LogP contribution in [-0.4, -0.2) is 6.10 Å². The maximum absolute atomic E-state index is 13.0. The summed E-state index contributed by atoms with van der Waals surface area (Å²) in [5.41, 5.74) is 3.58. The van der Waals surface area contributed by atoms with E-state index < -0.39 is 11.6 Å². The van der Waals surface area contributed by atoms with Gasteiger partial charge in [0.1, 0.15) is 0 Å². The van der Waals surface area contributed by atoms with Crippen molar-refractivity contribution in [3.63, 3.8) is 0 Å². The molecule has 1 atom stereocenters. The van der Waals surface area contributed by atoms with Crippen molar-refractivity contribution in [3.8, 4) is 0 Å². The summed E-state index contributed by atoms with van der Waals surface area (Å²) in [5, 5.41) is 0. The Hall–Kier alpha value is -1.00. The number of hydrogen-bond acceptors (Lipinski definition) is 2. The van der Waals surface area contributed by atoms with Gasteiger partial charge in [-0.2, -0.15) is 5.48 Å². The van der Waals surface area contributed by atoms with Crippen LogP contribution in [0.3, 0.4) is 0 Å². The molecule has 1 unspecified atom stereocenters. The Morgan fingerprint density at radius 3 is 2.59 bits per heavy atom. The molecule has 1 saturated carbocycles. The van der Waals surface area contributed by atoms with Crippen molar-refractivity contribution >= 4 is 0 Å². The van der Waals surface area contributed by atoms with Crippen molar-refractivity contribution in [1.82, 2.24) is 5.48 Å². The van der Waals surface area contributed by atoms with E-state index in [0.717, 1.165) is 18.9 Å². The zero-order valence-electron chi connectivity index (χ0n) is 9.88. The number of hydrogen-bond donors (Lipinski definition) is 1. The number of halogens is 2. The summed E-state index contributed by atoms with van der Waals surface area (Å²) < 4.78 is 25.8. The lowest BCUT2D eigenvalue weighted by Crippen LogP contribution is -2.24. The first-order chi connectivity index (χ1) is 8.16. The fraction of sp³-hybridized carbons (Fsp3) is 0.538. The van der Waals surface area contributed by atoms with E-state index in [-0.39, 0.29) is 12.1 Å². The average molecular weight is 241 g/mol. The molecule has 1 aliphatic carbocycles. The van der Waals surface area contributed by atoms with Crippen LogP contribution in [0.1, 0.15) is 44.2 Å². The van der Waals surface area contributed by atoms with Crippen LogP contribution in [0.2, 0.25) is 0 Å². The van der Waals surface area contributed by atoms with Crippen LogP contribution in [-0.2, 0) is 4.84 Å². The molecule has 0 bridgehead atoms. The predicted octanol–water partition coefficient (Wildman–Crippen LogP) is 3.49. The van der Waals surface area contributed by atoms with Crippen molar-refractivity contribution in [2.75, 3.05) is 0 Å². The van der Waals surface area contributed by atoms with Crippen molar-refractivity contribution in [3.05, 3.63) is 35.4 Å². The Morgan fingerprint density at radius 2 is 1.94 bits per heavy atom. The normalized spacial score (nSPS) is 18.5. The van der Waals surface area contributed by atoms with Crippen molar-refractivity contribution in [1.29, 1.82) is 0 Å². The second-order valence-electron chi connectivity index (χ2n) is 4.54. The Morgan fingerprint density at radius 1 is 1.24 bits per heavy atom. The summed E-state index contributed by atoms with van der Waals surface area (Å²) >= 11 is 0. The fourth-order valence-electron chi connectivity index (χ4n) is 2.05. The molecule has 1 aliphatic rings. The summed E-state index contributed by atoms with van der Waals surface area (Å²) in [6.07, 6.45) is 4.79. The lowest BCUT2D eigenvalue weighted by molar-refractivity contribution is -0.0377. The molecule has 4 heteroatoms. The Kier molecular flexibility index (Phi) is 4.07. The number of nitrogens with one attached hydrogen (secondary N) is 1. The van der Waals surface area contributed by atoms with E-state index in [1.54, 1.807) is 6.07 Å². The molecular formula is C13H17F2NO. The number of benzene rings is 1. The summed E-state index contributed by atoms with van der Waals surface area (Å²) in [7, 11) is 0. The highest BCUT2D eigenvalue weighted by Gasteiger charge is 2.17. The zero-order chi connectivity index (χ0) is 12.3. The molecule has 1 aromatic rings. The SMILES string of the molecule is CC(NOC1CCCC1)c1ccc(F)c(F)c1. The van der Waals surface area contributed by atoms with E-state index >= 15 is 0 Å². The summed E-state index contributed by atoms with van der Waals surface area (Å²) in [4.78, 5) is 5.52. The van der Waals surface area contributed by atoms with Gasteiger partial charge in [0.2, 0.25) is 0 Å². The predicted molar refractivity (Wildman–Crippen MR) is 61.2 cm³/mol. The van der Waals surface area contributed by atoms with Crippen LogP contribution in [0.4, 0.5) is 8.78 Å². The number of rotatable bonds is 4. The van der Waals surface area contributed by atoms with Crippen LogP contribution in [0.5, 0.6) is 0 Å². The first-order valence-electron chi connectivity index (χ1n) is 6.03. The smallest absolute Gasteiger partial charge is 0.159 e. The van der Waals surface area contributed by atoms with Gasteiger partial charge in [-0.1, -0.05) is 18.9 Å². The highest BCUT2D eigenvalue weighted by molar-refractivity contribution is 5.20. The first-order valence-corrected chi connectivity index (χ1v) is 6.03. The molecule has 0 spiro atoms. The van der Waals surface area contributed by atoms with Gasteiger partial charge in [0.15, 0.2) is 11.6 Å². The van der Waals surface area contributed by atoms with Crippen LogP contribution in [0.15, 0.2) is 18.2 Å². The largest absolute Gasteiger partial charge is 0.298 e. The van der Waals surface area contributed by atoms with Gasteiger partial charge in [-0.3, -0.25) is 4.84 Å². The van der Waals surface area contributed by atoms with Crippen molar-refractivity contribution in [2.45, 2.75) is 44.8 Å². The van der Waals surface area contributed by atoms with E-state index in [4.69, 9.17) is 4.84 Å². The fourth-order valence-corrected chi connectivity index (χ4v) is 2.05. The van der Waals surface area contributed by atoms with Gasteiger partial charge in [-0.15, -0.1) is 0 Å². The molecule has 0 heterocycles. The van der Waals surface area contributed by atoms with E-state index in [0.29, 0.717) is 5.56 Å². The van der Waals surface area contributed by atoms with Crippen LogP contribution in [0, 0.1) is 11.6 Å². The highest BCUT2D eigenvalue weighted by Crippen LogP contribution is 2.22. The second kappa shape index (κ2) is 5.56. The average Bonchev–Trinajstić information content (AvgIpc) is 2.82. The topological polar surface area (TPSA) is 21.3 Å². The van der Waals surface area contributed by atoms with Gasteiger partial charge < -0.3 is 0 Å². The van der Waals surface area contributed by atoms with Crippen LogP contribution >= 0.6 is 0 Å². The van der Waals surface area contributed by atoms with E-state index in [9.17, 15) is 8.78 Å². The molecule has 0 aromatic heterocycles.